The lowest BCUT2D eigenvalue weighted by Gasteiger charge is -2.24. The smallest absolute Gasteiger partial charge is 0.311 e. The number of carboxylic acid groups (broad SMARTS) is 1. The first-order chi connectivity index (χ1) is 17.4. The largest absolute Gasteiger partial charge is 0.493 e. The zero-order valence-corrected chi connectivity index (χ0v) is 20.3. The molecule has 1 aliphatic heterocycles. The highest BCUT2D eigenvalue weighted by Gasteiger charge is 2.29. The molecule has 1 N–H and O–H groups in total. The van der Waals surface area contributed by atoms with Gasteiger partial charge in [-0.25, -0.2) is 9.37 Å². The number of halogens is 2. The zero-order chi connectivity index (χ0) is 25.2. The van der Waals surface area contributed by atoms with E-state index in [1.807, 2.05) is 5.38 Å². The molecule has 0 radical (unpaired) electrons. The van der Waals surface area contributed by atoms with E-state index in [1.165, 1.54) is 23.5 Å². The second-order valence-electron chi connectivity index (χ2n) is 8.21. The van der Waals surface area contributed by atoms with Crippen LogP contribution < -0.4 is 9.47 Å². The quantitative estimate of drug-likeness (QED) is 0.269. The van der Waals surface area contributed by atoms with E-state index in [-0.39, 0.29) is 23.0 Å². The number of carboxylic acids is 1. The molecule has 0 spiro atoms. The van der Waals surface area contributed by atoms with Gasteiger partial charge in [-0.3, -0.25) is 9.59 Å². The molecule has 1 unspecified atom stereocenters. The average molecular weight is 524 g/mol. The third kappa shape index (κ3) is 5.10. The van der Waals surface area contributed by atoms with Crippen LogP contribution in [-0.2, 0) is 11.2 Å². The normalized spacial score (nSPS) is 14.6. The molecule has 0 bridgehead atoms. The van der Waals surface area contributed by atoms with Gasteiger partial charge in [0.2, 0.25) is 0 Å². The zero-order valence-electron chi connectivity index (χ0n) is 18.7. The van der Waals surface area contributed by atoms with Crippen LogP contribution in [0.15, 0.2) is 66.0 Å². The number of aliphatic carboxylic acids is 1. The first-order valence-corrected chi connectivity index (χ1v) is 12.3. The molecule has 182 valence electrons. The van der Waals surface area contributed by atoms with Gasteiger partial charge < -0.3 is 14.6 Å². The highest BCUT2D eigenvalue weighted by atomic mass is 35.5. The molecule has 4 aromatic rings. The van der Waals surface area contributed by atoms with Gasteiger partial charge in [0.05, 0.1) is 29.7 Å². The molecule has 1 aliphatic rings. The van der Waals surface area contributed by atoms with Gasteiger partial charge in [-0.1, -0.05) is 11.6 Å². The number of hydrogen-bond donors (Lipinski definition) is 1. The third-order valence-electron chi connectivity index (χ3n) is 5.81. The van der Waals surface area contributed by atoms with E-state index in [9.17, 15) is 19.1 Å². The summed E-state index contributed by atoms with van der Waals surface area (Å²) in [4.78, 5) is 28.8. The Morgan fingerprint density at radius 3 is 2.61 bits per heavy atom. The van der Waals surface area contributed by atoms with E-state index < -0.39 is 11.9 Å². The van der Waals surface area contributed by atoms with Crippen molar-refractivity contribution in [2.24, 2.45) is 0 Å². The molecule has 1 atom stereocenters. The first-order valence-electron chi connectivity index (χ1n) is 11.1. The van der Waals surface area contributed by atoms with Crippen molar-refractivity contribution in [2.45, 2.75) is 18.8 Å². The second-order valence-corrected chi connectivity index (χ2v) is 9.56. The monoisotopic (exact) mass is 523 g/mol. The Hall–Kier alpha value is -3.75. The van der Waals surface area contributed by atoms with Gasteiger partial charge in [-0.15, -0.1) is 11.3 Å². The summed E-state index contributed by atoms with van der Waals surface area (Å²) in [6.45, 7) is 0.298. The first kappa shape index (κ1) is 24.0. The summed E-state index contributed by atoms with van der Waals surface area (Å²) in [5, 5.41) is 12.2. The number of Topliss-reactive ketones (excluding diaryl/α,β-unsaturated/α-hetero) is 1. The number of ketones is 1. The van der Waals surface area contributed by atoms with Crippen LogP contribution in [0.25, 0.3) is 11.3 Å². The van der Waals surface area contributed by atoms with E-state index in [2.05, 4.69) is 4.98 Å². The van der Waals surface area contributed by atoms with Crippen molar-refractivity contribution in [1.82, 2.24) is 4.98 Å². The Bertz CT molecular complexity index is 1440. The molecule has 0 saturated carbocycles. The van der Waals surface area contributed by atoms with Gasteiger partial charge in [0.15, 0.2) is 5.78 Å². The number of benzene rings is 3. The highest BCUT2D eigenvalue weighted by Crippen LogP contribution is 2.41. The number of aromatic nitrogens is 1. The van der Waals surface area contributed by atoms with Crippen molar-refractivity contribution >= 4 is 34.7 Å². The van der Waals surface area contributed by atoms with E-state index in [0.717, 1.165) is 5.56 Å². The van der Waals surface area contributed by atoms with Gasteiger partial charge >= 0.3 is 5.97 Å². The molecule has 1 aromatic heterocycles. The Kier molecular flexibility index (Phi) is 6.71. The van der Waals surface area contributed by atoms with Gasteiger partial charge in [0.1, 0.15) is 28.1 Å². The summed E-state index contributed by atoms with van der Waals surface area (Å²) in [7, 11) is 0. The van der Waals surface area contributed by atoms with Crippen molar-refractivity contribution in [3.63, 3.8) is 0 Å². The van der Waals surface area contributed by atoms with E-state index >= 15 is 0 Å². The molecule has 0 amide bonds. The van der Waals surface area contributed by atoms with Gasteiger partial charge in [-0.2, -0.15) is 0 Å². The fourth-order valence-electron chi connectivity index (χ4n) is 3.94. The van der Waals surface area contributed by atoms with Crippen LogP contribution in [0.1, 0.15) is 33.3 Å². The summed E-state index contributed by atoms with van der Waals surface area (Å²) in [6.07, 6.45) is 0.522. The summed E-state index contributed by atoms with van der Waals surface area (Å²) >= 11 is 7.73. The summed E-state index contributed by atoms with van der Waals surface area (Å²) in [5.74, 6) is -0.775. The van der Waals surface area contributed by atoms with Crippen molar-refractivity contribution in [1.29, 1.82) is 0 Å². The number of rotatable bonds is 7. The number of ether oxygens (including phenoxy) is 2. The molecule has 2 heterocycles. The maximum Gasteiger partial charge on any atom is 0.311 e. The second kappa shape index (κ2) is 10.1. The van der Waals surface area contributed by atoms with Crippen LogP contribution in [0.2, 0.25) is 5.02 Å². The lowest BCUT2D eigenvalue weighted by Crippen LogP contribution is -2.20. The summed E-state index contributed by atoms with van der Waals surface area (Å²) in [5.41, 5.74) is 2.52. The maximum atomic E-state index is 13.1. The minimum Gasteiger partial charge on any atom is -0.493 e. The van der Waals surface area contributed by atoms with E-state index in [0.29, 0.717) is 52.1 Å². The predicted molar refractivity (Wildman–Crippen MR) is 134 cm³/mol. The fourth-order valence-corrected chi connectivity index (χ4v) is 4.96. The Labute approximate surface area is 214 Å². The van der Waals surface area contributed by atoms with E-state index in [1.54, 1.807) is 48.5 Å². The molecule has 5 rings (SSSR count). The summed E-state index contributed by atoms with van der Waals surface area (Å²) < 4.78 is 24.6. The molecular weight excluding hydrogens is 505 g/mol. The Balaban J connectivity index is 1.26. The topological polar surface area (TPSA) is 85.7 Å². The minimum absolute atomic E-state index is 0.0959. The Morgan fingerprint density at radius 1 is 1.14 bits per heavy atom. The number of nitrogens with zero attached hydrogens (tertiary/aromatic N) is 1. The van der Waals surface area contributed by atoms with Crippen molar-refractivity contribution in [3.05, 3.63) is 93.0 Å². The van der Waals surface area contributed by atoms with Gasteiger partial charge in [0.25, 0.3) is 0 Å². The number of hydrogen-bond acceptors (Lipinski definition) is 6. The van der Waals surface area contributed by atoms with Crippen LogP contribution in [0.5, 0.6) is 17.2 Å². The number of fused-ring (bicyclic) bond motifs is 1. The highest BCUT2D eigenvalue weighted by molar-refractivity contribution is 7.10. The Morgan fingerprint density at radius 2 is 1.89 bits per heavy atom. The molecule has 6 nitrogen and oxygen atoms in total. The molecule has 36 heavy (non-hydrogen) atoms. The summed E-state index contributed by atoms with van der Waals surface area (Å²) in [6, 6.07) is 15.9. The SMILES string of the molecule is O=C(Cc1nc(-c2ccc(F)cc2)cs1)c1ccc(Oc2cc3c(cc2Cl)C(C(=O)O)CCO3)cc1. The number of thiazole rings is 1. The minimum atomic E-state index is -0.922. The molecule has 0 aliphatic carbocycles. The van der Waals surface area contributed by atoms with Crippen molar-refractivity contribution in [2.75, 3.05) is 6.61 Å². The third-order valence-corrected chi connectivity index (χ3v) is 6.95. The van der Waals surface area contributed by atoms with Crippen molar-refractivity contribution < 1.29 is 28.6 Å². The lowest BCUT2D eigenvalue weighted by atomic mass is 9.93. The standard InChI is InChI=1S/C27H19ClFNO5S/c28-21-11-20-19(27(32)33)9-10-34-24(20)13-25(21)35-18-7-3-16(4-8-18)23(31)12-26-30-22(14-36-26)15-1-5-17(29)6-2-15/h1-8,11,13-14,19H,9-10,12H2,(H,32,33). The number of carbonyl (C=O) groups is 2. The van der Waals surface area contributed by atoms with Gasteiger partial charge in [0, 0.05) is 28.1 Å². The molecule has 3 aromatic carbocycles. The van der Waals surface area contributed by atoms with Crippen LogP contribution in [0.3, 0.4) is 0 Å². The maximum absolute atomic E-state index is 13.1. The number of carbonyl (C=O) groups excluding carboxylic acids is 1. The molecule has 0 saturated heterocycles. The molecular formula is C27H19ClFNO5S. The lowest BCUT2D eigenvalue weighted by molar-refractivity contribution is -0.139. The molecule has 0 fully saturated rings. The van der Waals surface area contributed by atoms with Crippen LogP contribution in [-0.4, -0.2) is 28.4 Å². The predicted octanol–water partition coefficient (Wildman–Crippen LogP) is 6.77. The van der Waals surface area contributed by atoms with Crippen LogP contribution >= 0.6 is 22.9 Å². The fraction of sp³-hybridized carbons (Fsp3) is 0.148. The molecule has 9 heteroatoms. The van der Waals surface area contributed by atoms with E-state index in [4.69, 9.17) is 21.1 Å². The van der Waals surface area contributed by atoms with Crippen LogP contribution in [0, 0.1) is 5.82 Å². The van der Waals surface area contributed by atoms with Gasteiger partial charge in [-0.05, 0) is 61.0 Å². The van der Waals surface area contributed by atoms with Crippen LogP contribution in [0.4, 0.5) is 4.39 Å². The van der Waals surface area contributed by atoms with Crippen molar-refractivity contribution in [3.8, 4) is 28.5 Å². The average Bonchev–Trinajstić information content (AvgIpc) is 3.33.